The topological polar surface area (TPSA) is 20.2 Å². The van der Waals surface area contributed by atoms with Crippen molar-refractivity contribution in [3.05, 3.63) is 53.6 Å². The first kappa shape index (κ1) is 10.7. The fourth-order valence-electron chi connectivity index (χ4n) is 2.35. The lowest BCUT2D eigenvalue weighted by molar-refractivity contribution is 0.473. The molecule has 2 aromatic carbocycles. The highest BCUT2D eigenvalue weighted by Crippen LogP contribution is 2.42. The highest BCUT2D eigenvalue weighted by Gasteiger charge is 2.19. The fraction of sp³-hybridized carbons (Fsp3) is 0.200. The molecule has 0 aliphatic carbocycles. The number of phenolic OH excluding ortho intramolecular Hbond substituents is 1. The fourth-order valence-corrected chi connectivity index (χ4v) is 3.58. The first-order valence-corrected chi connectivity index (χ1v) is 6.64. The van der Waals surface area contributed by atoms with Gasteiger partial charge in [0.25, 0.3) is 0 Å². The minimum absolute atomic E-state index is 0.350. The van der Waals surface area contributed by atoms with Gasteiger partial charge in [0, 0.05) is 9.79 Å². The molecule has 0 spiro atoms. The van der Waals surface area contributed by atoms with E-state index in [0.29, 0.717) is 11.7 Å². The average Bonchev–Trinajstić information content (AvgIpc) is 2.46. The van der Waals surface area contributed by atoms with Gasteiger partial charge in [0.05, 0.1) is 0 Å². The number of rotatable bonds is 0. The van der Waals surface area contributed by atoms with Gasteiger partial charge in [-0.25, -0.2) is 0 Å². The van der Waals surface area contributed by atoms with E-state index in [1.165, 1.54) is 20.9 Å². The van der Waals surface area contributed by atoms with Crippen LogP contribution in [-0.2, 0) is 6.42 Å². The van der Waals surface area contributed by atoms with E-state index in [1.54, 1.807) is 17.8 Å². The molecule has 1 atom stereocenters. The van der Waals surface area contributed by atoms with Gasteiger partial charge in [0.15, 0.2) is 0 Å². The maximum absolute atomic E-state index is 9.58. The molecule has 1 heterocycles. The molecule has 86 valence electrons. The van der Waals surface area contributed by atoms with E-state index in [1.807, 2.05) is 12.1 Å². The second-order valence-corrected chi connectivity index (χ2v) is 5.62. The van der Waals surface area contributed by atoms with Crippen LogP contribution in [0.3, 0.4) is 0 Å². The minimum atomic E-state index is 0.350. The number of hydrogen-bond donors (Lipinski definition) is 1. The summed E-state index contributed by atoms with van der Waals surface area (Å²) in [5.41, 5.74) is 2.74. The Kier molecular flexibility index (Phi) is 2.60. The molecule has 0 bridgehead atoms. The Morgan fingerprint density at radius 3 is 2.82 bits per heavy atom. The Morgan fingerprint density at radius 1 is 1.12 bits per heavy atom. The average molecular weight is 242 g/mol. The number of benzene rings is 2. The van der Waals surface area contributed by atoms with E-state index in [4.69, 9.17) is 0 Å². The summed E-state index contributed by atoms with van der Waals surface area (Å²) in [5, 5.41) is 9.58. The molecule has 1 aliphatic rings. The molecule has 0 fully saturated rings. The summed E-state index contributed by atoms with van der Waals surface area (Å²) < 4.78 is 0. The predicted octanol–water partition coefficient (Wildman–Crippen LogP) is 4.20. The quantitative estimate of drug-likeness (QED) is 0.747. The van der Waals surface area contributed by atoms with E-state index < -0.39 is 0 Å². The first-order valence-electron chi connectivity index (χ1n) is 5.83. The first-order chi connectivity index (χ1) is 8.24. The summed E-state index contributed by atoms with van der Waals surface area (Å²) in [6.45, 7) is 2.27. The van der Waals surface area contributed by atoms with Crippen molar-refractivity contribution in [2.24, 2.45) is 0 Å². The molecule has 3 rings (SSSR count). The maximum Gasteiger partial charge on any atom is 0.116 e. The lowest BCUT2D eigenvalue weighted by Gasteiger charge is -2.11. The van der Waals surface area contributed by atoms with Crippen LogP contribution in [0.25, 0.3) is 0 Å². The molecule has 0 saturated heterocycles. The molecule has 0 aromatic heterocycles. The third kappa shape index (κ3) is 1.93. The molecule has 2 heteroatoms. The molecule has 2 aromatic rings. The normalized spacial score (nSPS) is 18.1. The summed E-state index contributed by atoms with van der Waals surface area (Å²) >= 11 is 1.76. The largest absolute Gasteiger partial charge is 0.508 e. The molecule has 17 heavy (non-hydrogen) atoms. The summed E-state index contributed by atoms with van der Waals surface area (Å²) in [6, 6.07) is 14.2. The van der Waals surface area contributed by atoms with Crippen molar-refractivity contribution in [2.75, 3.05) is 0 Å². The predicted molar refractivity (Wildman–Crippen MR) is 70.8 cm³/mol. The van der Waals surface area contributed by atoms with E-state index in [9.17, 15) is 5.11 Å². The van der Waals surface area contributed by atoms with Crippen LogP contribution in [0, 0.1) is 0 Å². The van der Waals surface area contributed by atoms with Gasteiger partial charge >= 0.3 is 0 Å². The van der Waals surface area contributed by atoms with Crippen LogP contribution in [0.5, 0.6) is 5.75 Å². The second-order valence-electron chi connectivity index (χ2n) is 4.54. The van der Waals surface area contributed by atoms with Crippen molar-refractivity contribution in [3.8, 4) is 5.75 Å². The van der Waals surface area contributed by atoms with E-state index >= 15 is 0 Å². The summed E-state index contributed by atoms with van der Waals surface area (Å²) in [7, 11) is 0. The van der Waals surface area contributed by atoms with Crippen LogP contribution in [0.1, 0.15) is 24.0 Å². The SMILES string of the molecule is CC1Cc2ccc(O)cc2Sc2ccccc21. The molecule has 0 saturated carbocycles. The van der Waals surface area contributed by atoms with Crippen LogP contribution in [-0.4, -0.2) is 5.11 Å². The lowest BCUT2D eigenvalue weighted by Crippen LogP contribution is -1.97. The number of aromatic hydroxyl groups is 1. The van der Waals surface area contributed by atoms with E-state index in [2.05, 4.69) is 31.2 Å². The molecule has 1 N–H and O–H groups in total. The Balaban J connectivity index is 2.14. The smallest absolute Gasteiger partial charge is 0.116 e. The standard InChI is InChI=1S/C15H14OS/c1-10-8-11-6-7-12(16)9-15(11)17-14-5-3-2-4-13(10)14/h2-7,9-10,16H,8H2,1H3. The summed E-state index contributed by atoms with van der Waals surface area (Å²) in [4.78, 5) is 2.49. The molecular weight excluding hydrogens is 228 g/mol. The molecule has 0 radical (unpaired) electrons. The monoisotopic (exact) mass is 242 g/mol. The minimum Gasteiger partial charge on any atom is -0.508 e. The van der Waals surface area contributed by atoms with Crippen molar-refractivity contribution >= 4 is 11.8 Å². The highest BCUT2D eigenvalue weighted by molar-refractivity contribution is 7.99. The van der Waals surface area contributed by atoms with Crippen molar-refractivity contribution in [2.45, 2.75) is 29.1 Å². The third-order valence-corrected chi connectivity index (χ3v) is 4.44. The third-order valence-electron chi connectivity index (χ3n) is 3.25. The van der Waals surface area contributed by atoms with Crippen LogP contribution >= 0.6 is 11.8 Å². The van der Waals surface area contributed by atoms with Crippen molar-refractivity contribution < 1.29 is 5.11 Å². The number of phenols is 1. The lowest BCUT2D eigenvalue weighted by atomic mass is 9.94. The Labute approximate surface area is 105 Å². The van der Waals surface area contributed by atoms with Gasteiger partial charge in [-0.15, -0.1) is 0 Å². The van der Waals surface area contributed by atoms with Crippen LogP contribution in [0.2, 0.25) is 0 Å². The zero-order valence-electron chi connectivity index (χ0n) is 9.68. The Bertz CT molecular complexity index is 563. The van der Waals surface area contributed by atoms with E-state index in [0.717, 1.165) is 6.42 Å². The van der Waals surface area contributed by atoms with Crippen LogP contribution in [0.4, 0.5) is 0 Å². The van der Waals surface area contributed by atoms with Gasteiger partial charge in [-0.05, 0) is 41.7 Å². The van der Waals surface area contributed by atoms with Gasteiger partial charge in [-0.1, -0.05) is 43.0 Å². The molecular formula is C15H14OS. The Hall–Kier alpha value is -1.41. The van der Waals surface area contributed by atoms with Crippen molar-refractivity contribution in [3.63, 3.8) is 0 Å². The second kappa shape index (κ2) is 4.11. The Morgan fingerprint density at radius 2 is 1.94 bits per heavy atom. The van der Waals surface area contributed by atoms with E-state index in [-0.39, 0.29) is 0 Å². The molecule has 1 unspecified atom stereocenters. The summed E-state index contributed by atoms with van der Waals surface area (Å²) in [5.74, 6) is 0.882. The zero-order chi connectivity index (χ0) is 11.8. The molecule has 1 aliphatic heterocycles. The van der Waals surface area contributed by atoms with Crippen molar-refractivity contribution in [1.29, 1.82) is 0 Å². The maximum atomic E-state index is 9.58. The summed E-state index contributed by atoms with van der Waals surface area (Å²) in [6.07, 6.45) is 1.04. The van der Waals surface area contributed by atoms with Gasteiger partial charge in [0.1, 0.15) is 5.75 Å². The zero-order valence-corrected chi connectivity index (χ0v) is 10.5. The highest BCUT2D eigenvalue weighted by atomic mass is 32.2. The van der Waals surface area contributed by atoms with Gasteiger partial charge in [-0.3, -0.25) is 0 Å². The van der Waals surface area contributed by atoms with Crippen LogP contribution in [0.15, 0.2) is 52.3 Å². The van der Waals surface area contributed by atoms with Gasteiger partial charge in [-0.2, -0.15) is 0 Å². The van der Waals surface area contributed by atoms with Gasteiger partial charge < -0.3 is 5.11 Å². The molecule has 0 amide bonds. The van der Waals surface area contributed by atoms with Crippen molar-refractivity contribution in [1.82, 2.24) is 0 Å². The van der Waals surface area contributed by atoms with Gasteiger partial charge in [0.2, 0.25) is 0 Å². The number of hydrogen-bond acceptors (Lipinski definition) is 2. The number of fused-ring (bicyclic) bond motifs is 2. The molecule has 1 nitrogen and oxygen atoms in total. The van der Waals surface area contributed by atoms with Crippen LogP contribution < -0.4 is 0 Å².